The number of hydrogen-bond acceptors (Lipinski definition) is 6. The van der Waals surface area contributed by atoms with E-state index in [0.717, 1.165) is 36.3 Å². The van der Waals surface area contributed by atoms with Crippen molar-refractivity contribution in [2.24, 2.45) is 0 Å². The Kier molecular flexibility index (Phi) is 10.7. The van der Waals surface area contributed by atoms with Gasteiger partial charge in [0.05, 0.1) is 11.5 Å². The van der Waals surface area contributed by atoms with Crippen molar-refractivity contribution in [3.8, 4) is 0 Å². The Morgan fingerprint density at radius 3 is 1.00 bits per heavy atom. The molecule has 0 radical (unpaired) electrons. The second-order valence-corrected chi connectivity index (χ2v) is 19.9. The van der Waals surface area contributed by atoms with E-state index in [4.69, 9.17) is 7.74 Å². The largest absolute Gasteiger partial charge is 0.315 e. The van der Waals surface area contributed by atoms with E-state index in [1.807, 2.05) is 41.5 Å². The van der Waals surface area contributed by atoms with Gasteiger partial charge in [-0.25, -0.2) is 16.8 Å². The summed E-state index contributed by atoms with van der Waals surface area (Å²) in [7, 11) is -11.9. The summed E-state index contributed by atoms with van der Waals surface area (Å²) < 4.78 is 60.1. The zero-order valence-electron chi connectivity index (χ0n) is 16.6. The van der Waals surface area contributed by atoms with Crippen molar-refractivity contribution in [2.45, 2.75) is 84.2 Å². The topological polar surface area (TPSA) is 86.7 Å². The molecule has 0 aromatic carbocycles. The minimum atomic E-state index is -3.71. The molecule has 0 aliphatic rings. The van der Waals surface area contributed by atoms with Crippen LogP contribution >= 0.6 is 0 Å². The Labute approximate surface area is 157 Å². The molecule has 10 heteroatoms. The van der Waals surface area contributed by atoms with E-state index in [9.17, 15) is 16.8 Å². The molecule has 0 atom stereocenters. The first kappa shape index (κ1) is 25.3. The molecule has 0 N–H and O–H groups in total. The van der Waals surface area contributed by atoms with Crippen LogP contribution in [0.25, 0.3) is 0 Å². The molecule has 0 saturated carbocycles. The lowest BCUT2D eigenvalue weighted by Gasteiger charge is -2.27. The number of rotatable bonds is 14. The molecule has 0 bridgehead atoms. The van der Waals surface area contributed by atoms with E-state index in [-0.39, 0.29) is 17.9 Å². The summed E-state index contributed by atoms with van der Waals surface area (Å²) >= 11 is 0. The van der Waals surface area contributed by atoms with Crippen LogP contribution in [0.1, 0.15) is 48.0 Å². The first-order valence-electron chi connectivity index (χ1n) is 9.35. The van der Waals surface area contributed by atoms with Crippen LogP contribution in [0, 0.1) is 0 Å². The highest BCUT2D eigenvalue weighted by atomic mass is 32.2. The molecule has 0 amide bonds. The molecule has 6 nitrogen and oxygen atoms in total. The summed E-state index contributed by atoms with van der Waals surface area (Å²) in [5.74, 6) is -0.549. The summed E-state index contributed by atoms with van der Waals surface area (Å²) in [4.78, 5) is 0. The first-order chi connectivity index (χ1) is 11.5. The molecule has 0 aliphatic carbocycles. The highest BCUT2D eigenvalue weighted by Crippen LogP contribution is 2.26. The lowest BCUT2D eigenvalue weighted by molar-refractivity contribution is 0.469. The van der Waals surface area contributed by atoms with Gasteiger partial charge in [-0.1, -0.05) is 41.5 Å². The molecule has 25 heavy (non-hydrogen) atoms. The van der Waals surface area contributed by atoms with Gasteiger partial charge in [-0.3, -0.25) is 0 Å². The maximum absolute atomic E-state index is 12.2. The maximum atomic E-state index is 12.2. The molecule has 0 heterocycles. The van der Waals surface area contributed by atoms with Crippen LogP contribution < -0.4 is 0 Å². The first-order valence-corrected chi connectivity index (χ1v) is 17.6. The molecule has 0 aliphatic heterocycles. The lowest BCUT2D eigenvalue weighted by atomic mass is 10.6. The van der Waals surface area contributed by atoms with E-state index in [2.05, 4.69) is 0 Å². The van der Waals surface area contributed by atoms with Crippen LogP contribution in [-0.2, 0) is 28.0 Å². The average Bonchev–Trinajstić information content (AvgIpc) is 2.57. The predicted molar refractivity (Wildman–Crippen MR) is 109 cm³/mol. The Hall–Kier alpha value is 0.254. The van der Waals surface area contributed by atoms with Gasteiger partial charge in [0.25, 0.3) is 20.2 Å². The average molecular weight is 433 g/mol. The van der Waals surface area contributed by atoms with Crippen LogP contribution in [0.5, 0.6) is 0 Å². The van der Waals surface area contributed by atoms with Gasteiger partial charge in [-0.15, -0.1) is 0 Å². The van der Waals surface area contributed by atoms with Crippen molar-refractivity contribution < 1.29 is 24.6 Å². The Bertz CT molecular complexity index is 513. The zero-order chi connectivity index (χ0) is 19.8. The van der Waals surface area contributed by atoms with Crippen LogP contribution in [-0.4, -0.2) is 45.0 Å². The van der Waals surface area contributed by atoms with Crippen molar-refractivity contribution in [1.82, 2.24) is 0 Å². The fourth-order valence-corrected chi connectivity index (χ4v) is 14.9. The summed E-state index contributed by atoms with van der Waals surface area (Å²) in [5, 5.41) is 0. The summed E-state index contributed by atoms with van der Waals surface area (Å²) in [6.07, 6.45) is 0.00785. The SMILES string of the molecule is CC[Si](CC)(CC)OS(=O)(=O)CCCS(=O)(=O)O[Si](CC)(CC)CC. The lowest BCUT2D eigenvalue weighted by Crippen LogP contribution is -2.40. The molecular weight excluding hydrogens is 396 g/mol. The summed E-state index contributed by atoms with van der Waals surface area (Å²) in [5.41, 5.74) is 0. The van der Waals surface area contributed by atoms with Crippen molar-refractivity contribution in [3.05, 3.63) is 0 Å². The second kappa shape index (κ2) is 10.6. The third kappa shape index (κ3) is 8.21. The van der Waals surface area contributed by atoms with Gasteiger partial charge in [0.15, 0.2) is 0 Å². The molecule has 0 aromatic heterocycles. The van der Waals surface area contributed by atoms with Gasteiger partial charge in [0.1, 0.15) is 0 Å². The molecule has 0 aromatic rings. The highest BCUT2D eigenvalue weighted by molar-refractivity contribution is 7.88. The van der Waals surface area contributed by atoms with Gasteiger partial charge in [-0.2, -0.15) is 0 Å². The minimum absolute atomic E-state index is 0.00785. The minimum Gasteiger partial charge on any atom is -0.315 e. The van der Waals surface area contributed by atoms with E-state index < -0.39 is 36.9 Å². The molecule has 152 valence electrons. The van der Waals surface area contributed by atoms with Crippen molar-refractivity contribution in [1.29, 1.82) is 0 Å². The highest BCUT2D eigenvalue weighted by Gasteiger charge is 2.36. The van der Waals surface area contributed by atoms with Gasteiger partial charge in [0.2, 0.25) is 16.6 Å². The van der Waals surface area contributed by atoms with Crippen LogP contribution in [0.2, 0.25) is 36.3 Å². The Morgan fingerprint density at radius 1 is 0.560 bits per heavy atom. The molecule has 0 fully saturated rings. The summed E-state index contributed by atoms with van der Waals surface area (Å²) in [6, 6.07) is 4.41. The molecule has 0 unspecified atom stereocenters. The molecular formula is C15H36O6S2Si2. The fourth-order valence-electron chi connectivity index (χ4n) is 2.89. The molecule has 0 saturated heterocycles. The van der Waals surface area contributed by atoms with Gasteiger partial charge >= 0.3 is 0 Å². The third-order valence-corrected chi connectivity index (χ3v) is 19.4. The Balaban J connectivity index is 4.83. The van der Waals surface area contributed by atoms with Crippen molar-refractivity contribution in [3.63, 3.8) is 0 Å². The van der Waals surface area contributed by atoms with E-state index in [1.165, 1.54) is 0 Å². The zero-order valence-corrected chi connectivity index (χ0v) is 20.3. The van der Waals surface area contributed by atoms with Gasteiger partial charge in [-0.05, 0) is 42.7 Å². The van der Waals surface area contributed by atoms with Crippen LogP contribution in [0.3, 0.4) is 0 Å². The van der Waals surface area contributed by atoms with Crippen LogP contribution in [0.4, 0.5) is 0 Å². The fraction of sp³-hybridized carbons (Fsp3) is 1.00. The molecule has 0 rings (SSSR count). The monoisotopic (exact) mass is 432 g/mol. The van der Waals surface area contributed by atoms with E-state index in [1.54, 1.807) is 0 Å². The van der Waals surface area contributed by atoms with E-state index in [0.29, 0.717) is 0 Å². The standard InChI is InChI=1S/C15H36O6S2Si2/c1-7-24(8-2,9-3)20-22(16,17)14-13-15-23(18,19)21-25(10-4,11-5)12-6/h7-15H2,1-6H3. The second-order valence-electron chi connectivity index (χ2n) is 6.53. The smallest absolute Gasteiger partial charge is 0.257 e. The van der Waals surface area contributed by atoms with Crippen LogP contribution in [0.15, 0.2) is 0 Å². The van der Waals surface area contributed by atoms with Gasteiger partial charge in [0, 0.05) is 0 Å². The van der Waals surface area contributed by atoms with E-state index >= 15 is 0 Å². The summed E-state index contributed by atoms with van der Waals surface area (Å²) in [6.45, 7) is 11.7. The molecule has 0 spiro atoms. The van der Waals surface area contributed by atoms with Crippen molar-refractivity contribution >= 4 is 36.9 Å². The maximum Gasteiger partial charge on any atom is 0.257 e. The third-order valence-electron chi connectivity index (χ3n) is 5.26. The predicted octanol–water partition coefficient (Wildman–Crippen LogP) is 4.08. The van der Waals surface area contributed by atoms with Crippen molar-refractivity contribution in [2.75, 3.05) is 11.5 Å². The van der Waals surface area contributed by atoms with Gasteiger partial charge < -0.3 is 7.74 Å². The number of hydrogen-bond donors (Lipinski definition) is 0. The normalized spacial score (nSPS) is 14.0. The Morgan fingerprint density at radius 2 is 0.800 bits per heavy atom. The quantitative estimate of drug-likeness (QED) is 0.384.